The maximum atomic E-state index is 13.5. The summed E-state index contributed by atoms with van der Waals surface area (Å²) in [7, 11) is 0. The number of hydrogen-bond acceptors (Lipinski definition) is 5. The third-order valence-electron chi connectivity index (χ3n) is 3.10. The Kier molecular flexibility index (Phi) is 3.28. The number of nitrogens with two attached hydrogens (primary N) is 2. The molecule has 3 aromatic rings. The highest BCUT2D eigenvalue weighted by atomic mass is 19.4. The molecular formula is C14H9F4N3O2. The molecule has 3 rings (SSSR count). The summed E-state index contributed by atoms with van der Waals surface area (Å²) in [4.78, 5) is 4.03. The SMILES string of the molecule is Nc1oc2c(-c3ccc(F)c(OC(F)(F)F)c3)nccc2c1N. The van der Waals surface area contributed by atoms with E-state index in [9.17, 15) is 17.6 Å². The highest BCUT2D eigenvalue weighted by Crippen LogP contribution is 2.37. The lowest BCUT2D eigenvalue weighted by Gasteiger charge is -2.11. The number of pyridine rings is 1. The molecule has 0 bridgehead atoms. The van der Waals surface area contributed by atoms with Crippen LogP contribution in [0.5, 0.6) is 5.75 Å². The van der Waals surface area contributed by atoms with Crippen molar-refractivity contribution in [1.29, 1.82) is 0 Å². The van der Waals surface area contributed by atoms with Gasteiger partial charge in [0, 0.05) is 17.1 Å². The van der Waals surface area contributed by atoms with E-state index in [1.165, 1.54) is 12.3 Å². The fraction of sp³-hybridized carbons (Fsp3) is 0.0714. The lowest BCUT2D eigenvalue weighted by Crippen LogP contribution is -2.18. The van der Waals surface area contributed by atoms with Crippen LogP contribution in [0.15, 0.2) is 34.9 Å². The monoisotopic (exact) mass is 327 g/mol. The number of anilines is 2. The third-order valence-corrected chi connectivity index (χ3v) is 3.10. The highest BCUT2D eigenvalue weighted by Gasteiger charge is 2.32. The molecule has 120 valence electrons. The number of ether oxygens (including phenoxy) is 1. The first-order chi connectivity index (χ1) is 10.8. The van der Waals surface area contributed by atoms with E-state index in [-0.39, 0.29) is 28.4 Å². The van der Waals surface area contributed by atoms with Crippen LogP contribution < -0.4 is 16.2 Å². The second-order valence-corrected chi connectivity index (χ2v) is 4.61. The van der Waals surface area contributed by atoms with Gasteiger partial charge in [0.1, 0.15) is 11.4 Å². The molecule has 0 unspecified atom stereocenters. The first-order valence-electron chi connectivity index (χ1n) is 6.24. The number of rotatable bonds is 2. The molecule has 0 aliphatic heterocycles. The van der Waals surface area contributed by atoms with Gasteiger partial charge in [-0.25, -0.2) is 4.39 Å². The normalized spacial score (nSPS) is 11.8. The summed E-state index contributed by atoms with van der Waals surface area (Å²) in [5, 5.41) is 0.454. The molecule has 0 aliphatic carbocycles. The second-order valence-electron chi connectivity index (χ2n) is 4.61. The van der Waals surface area contributed by atoms with Gasteiger partial charge < -0.3 is 20.6 Å². The second kappa shape index (κ2) is 5.04. The number of furan rings is 1. The molecule has 0 amide bonds. The van der Waals surface area contributed by atoms with Gasteiger partial charge in [0.05, 0.1) is 0 Å². The quantitative estimate of drug-likeness (QED) is 0.701. The van der Waals surface area contributed by atoms with Crippen molar-refractivity contribution >= 4 is 22.5 Å². The molecule has 2 aromatic heterocycles. The van der Waals surface area contributed by atoms with E-state index in [0.717, 1.165) is 12.1 Å². The lowest BCUT2D eigenvalue weighted by atomic mass is 10.1. The molecule has 9 heteroatoms. The lowest BCUT2D eigenvalue weighted by molar-refractivity contribution is -0.275. The molecule has 2 heterocycles. The molecular weight excluding hydrogens is 318 g/mol. The fourth-order valence-corrected chi connectivity index (χ4v) is 2.12. The predicted octanol–water partition coefficient (Wildman–Crippen LogP) is 3.70. The summed E-state index contributed by atoms with van der Waals surface area (Å²) < 4.78 is 59.4. The van der Waals surface area contributed by atoms with Crippen molar-refractivity contribution in [3.63, 3.8) is 0 Å². The van der Waals surface area contributed by atoms with Gasteiger partial charge in [-0.2, -0.15) is 0 Å². The van der Waals surface area contributed by atoms with Gasteiger partial charge in [0.15, 0.2) is 17.1 Å². The molecule has 1 aromatic carbocycles. The zero-order chi connectivity index (χ0) is 16.8. The number of alkyl halides is 3. The number of hydrogen-bond donors (Lipinski definition) is 2. The maximum Gasteiger partial charge on any atom is 0.573 e. The molecule has 23 heavy (non-hydrogen) atoms. The van der Waals surface area contributed by atoms with Gasteiger partial charge in [0.2, 0.25) is 5.88 Å². The largest absolute Gasteiger partial charge is 0.573 e. The first-order valence-corrected chi connectivity index (χ1v) is 6.24. The molecule has 0 atom stereocenters. The third kappa shape index (κ3) is 2.72. The minimum atomic E-state index is -5.02. The minimum absolute atomic E-state index is 0.0388. The van der Waals surface area contributed by atoms with Crippen molar-refractivity contribution in [2.24, 2.45) is 0 Å². The minimum Gasteiger partial charge on any atom is -0.436 e. The molecule has 0 aliphatic rings. The smallest absolute Gasteiger partial charge is 0.436 e. The number of benzene rings is 1. The topological polar surface area (TPSA) is 87.3 Å². The Bertz CT molecular complexity index is 890. The van der Waals surface area contributed by atoms with E-state index in [1.54, 1.807) is 6.07 Å². The number of nitrogen functional groups attached to an aromatic ring is 2. The van der Waals surface area contributed by atoms with Crippen LogP contribution >= 0.6 is 0 Å². The average molecular weight is 327 g/mol. The van der Waals surface area contributed by atoms with Gasteiger partial charge in [0.25, 0.3) is 0 Å². The van der Waals surface area contributed by atoms with Crippen LogP contribution in [-0.2, 0) is 0 Å². The number of fused-ring (bicyclic) bond motifs is 1. The van der Waals surface area contributed by atoms with Gasteiger partial charge in [-0.3, -0.25) is 4.98 Å². The zero-order valence-electron chi connectivity index (χ0n) is 11.3. The van der Waals surface area contributed by atoms with Crippen molar-refractivity contribution < 1.29 is 26.7 Å². The van der Waals surface area contributed by atoms with Crippen molar-refractivity contribution in [3.8, 4) is 17.0 Å². The van der Waals surface area contributed by atoms with Crippen LogP contribution in [-0.4, -0.2) is 11.3 Å². The Morgan fingerprint density at radius 2 is 1.87 bits per heavy atom. The van der Waals surface area contributed by atoms with E-state index in [1.807, 2.05) is 0 Å². The van der Waals surface area contributed by atoms with Gasteiger partial charge in [-0.05, 0) is 24.3 Å². The van der Waals surface area contributed by atoms with Crippen molar-refractivity contribution in [1.82, 2.24) is 4.98 Å². The Morgan fingerprint density at radius 3 is 2.57 bits per heavy atom. The van der Waals surface area contributed by atoms with Crippen LogP contribution in [0, 0.1) is 5.82 Å². The summed E-state index contributed by atoms with van der Waals surface area (Å²) in [5.74, 6) is -2.17. The van der Waals surface area contributed by atoms with Crippen molar-refractivity contribution in [3.05, 3.63) is 36.3 Å². The highest BCUT2D eigenvalue weighted by molar-refractivity contribution is 6.01. The van der Waals surface area contributed by atoms with E-state index >= 15 is 0 Å². The molecule has 0 saturated heterocycles. The van der Waals surface area contributed by atoms with E-state index in [0.29, 0.717) is 5.39 Å². The standard InChI is InChI=1S/C14H9F4N3O2/c15-8-2-1-6(5-9(8)23-14(16,17)18)11-12-7(3-4-21-11)10(19)13(20)22-12/h1-5H,19-20H2. The predicted molar refractivity (Wildman–Crippen MR) is 74.9 cm³/mol. The first kappa shape index (κ1) is 14.9. The summed E-state index contributed by atoms with van der Waals surface area (Å²) in [6.45, 7) is 0. The summed E-state index contributed by atoms with van der Waals surface area (Å²) >= 11 is 0. The Labute approximate surface area is 126 Å². The van der Waals surface area contributed by atoms with E-state index in [2.05, 4.69) is 9.72 Å². The molecule has 0 radical (unpaired) electrons. The molecule has 0 spiro atoms. The zero-order valence-corrected chi connectivity index (χ0v) is 11.3. The summed E-state index contributed by atoms with van der Waals surface area (Å²) in [6, 6.07) is 4.51. The summed E-state index contributed by atoms with van der Waals surface area (Å²) in [5.41, 5.74) is 12.0. The fourth-order valence-electron chi connectivity index (χ4n) is 2.12. The molecule has 0 saturated carbocycles. The molecule has 0 fully saturated rings. The maximum absolute atomic E-state index is 13.5. The van der Waals surface area contributed by atoms with Crippen LogP contribution in [0.1, 0.15) is 0 Å². The average Bonchev–Trinajstić information content (AvgIpc) is 2.76. The Balaban J connectivity index is 2.16. The van der Waals surface area contributed by atoms with Gasteiger partial charge in [-0.15, -0.1) is 13.2 Å². The number of nitrogens with zero attached hydrogens (tertiary/aromatic N) is 1. The molecule has 4 N–H and O–H groups in total. The van der Waals surface area contributed by atoms with Crippen LogP contribution in [0.4, 0.5) is 29.1 Å². The van der Waals surface area contributed by atoms with Crippen LogP contribution in [0.2, 0.25) is 0 Å². The van der Waals surface area contributed by atoms with Crippen molar-refractivity contribution in [2.45, 2.75) is 6.36 Å². The van der Waals surface area contributed by atoms with Crippen molar-refractivity contribution in [2.75, 3.05) is 11.5 Å². The Hall–Kier alpha value is -2.97. The number of aromatic nitrogens is 1. The van der Waals surface area contributed by atoms with Gasteiger partial charge in [-0.1, -0.05) is 0 Å². The van der Waals surface area contributed by atoms with E-state index < -0.39 is 17.9 Å². The molecule has 5 nitrogen and oxygen atoms in total. The van der Waals surface area contributed by atoms with Crippen LogP contribution in [0.3, 0.4) is 0 Å². The van der Waals surface area contributed by atoms with Crippen LogP contribution in [0.25, 0.3) is 22.2 Å². The van der Waals surface area contributed by atoms with Gasteiger partial charge >= 0.3 is 6.36 Å². The Morgan fingerprint density at radius 1 is 1.13 bits per heavy atom. The van der Waals surface area contributed by atoms with E-state index in [4.69, 9.17) is 15.9 Å². The number of halogens is 4. The summed E-state index contributed by atoms with van der Waals surface area (Å²) in [6.07, 6.45) is -3.63.